The van der Waals surface area contributed by atoms with Gasteiger partial charge >= 0.3 is 0 Å². The Bertz CT molecular complexity index is 848. The minimum Gasteiger partial charge on any atom is -0.355 e. The molecule has 10 heteroatoms. The number of hydrogen-bond donors (Lipinski definition) is 0. The van der Waals surface area contributed by atoms with Crippen LogP contribution in [0.3, 0.4) is 0 Å². The molecule has 0 N–H and O–H groups in total. The normalized spacial score (nSPS) is 24.3. The molecule has 1 aromatic rings. The number of nitrogens with zero attached hydrogens (tertiary/aromatic N) is 6. The van der Waals surface area contributed by atoms with Gasteiger partial charge in [-0.05, 0) is 40.0 Å². The molecule has 0 radical (unpaired) electrons. The van der Waals surface area contributed by atoms with Gasteiger partial charge in [0, 0.05) is 38.5 Å². The van der Waals surface area contributed by atoms with E-state index in [2.05, 4.69) is 24.3 Å². The Kier molecular flexibility index (Phi) is 7.18. The van der Waals surface area contributed by atoms with Crippen molar-refractivity contribution in [2.24, 2.45) is 5.10 Å². The van der Waals surface area contributed by atoms with Gasteiger partial charge < -0.3 is 4.90 Å². The predicted octanol–water partition coefficient (Wildman–Crippen LogP) is 3.14. The summed E-state index contributed by atoms with van der Waals surface area (Å²) in [5, 5.41) is 5.62. The van der Waals surface area contributed by atoms with Gasteiger partial charge in [-0.1, -0.05) is 6.08 Å². The first-order chi connectivity index (χ1) is 14.3. The molecule has 1 spiro atoms. The molecule has 30 heavy (non-hydrogen) atoms. The standard InChI is InChI=1S/C20H30F2N6OS/c1-5-17(27(6-2)25-15(3)19(21)22)16-12-18(24-14-23-16)26-10-7-8-20(13-26)9-11-28(20)30(4)29/h5,12,14,19H,6-11,13H2,1-4H3/b17-5-,25-15+. The van der Waals surface area contributed by atoms with Crippen molar-refractivity contribution in [2.75, 3.05) is 37.3 Å². The van der Waals surface area contributed by atoms with Gasteiger partial charge in [-0.3, -0.25) is 5.01 Å². The molecule has 166 valence electrons. The summed E-state index contributed by atoms with van der Waals surface area (Å²) in [6.07, 6.45) is 5.54. The third kappa shape index (κ3) is 4.54. The van der Waals surface area contributed by atoms with E-state index in [0.29, 0.717) is 17.9 Å². The summed E-state index contributed by atoms with van der Waals surface area (Å²) in [5.74, 6) is 0.790. The molecular weight excluding hydrogens is 410 g/mol. The number of anilines is 1. The highest BCUT2D eigenvalue weighted by atomic mass is 32.2. The third-order valence-corrected chi connectivity index (χ3v) is 7.05. The van der Waals surface area contributed by atoms with Gasteiger partial charge in [-0.15, -0.1) is 0 Å². The van der Waals surface area contributed by atoms with E-state index in [-0.39, 0.29) is 11.3 Å². The van der Waals surface area contributed by atoms with E-state index < -0.39 is 17.4 Å². The van der Waals surface area contributed by atoms with Crippen LogP contribution in [-0.4, -0.2) is 73.6 Å². The van der Waals surface area contributed by atoms with E-state index in [1.807, 2.05) is 26.0 Å². The molecule has 2 fully saturated rings. The molecule has 0 aliphatic carbocycles. The first-order valence-corrected chi connectivity index (χ1v) is 11.8. The Hall–Kier alpha value is -1.94. The van der Waals surface area contributed by atoms with Gasteiger partial charge in [0.1, 0.15) is 17.9 Å². The Morgan fingerprint density at radius 1 is 1.40 bits per heavy atom. The van der Waals surface area contributed by atoms with Crippen LogP contribution in [0.25, 0.3) is 5.70 Å². The number of halogens is 2. The molecule has 0 aromatic carbocycles. The molecule has 2 atom stereocenters. The van der Waals surface area contributed by atoms with Crippen LogP contribution in [0.15, 0.2) is 23.6 Å². The maximum absolute atomic E-state index is 13.0. The van der Waals surface area contributed by atoms with Crippen molar-refractivity contribution >= 4 is 28.2 Å². The van der Waals surface area contributed by atoms with Gasteiger partial charge in [0.2, 0.25) is 0 Å². The fourth-order valence-corrected chi connectivity index (χ4v) is 5.39. The highest BCUT2D eigenvalue weighted by Gasteiger charge is 2.49. The first kappa shape index (κ1) is 22.7. The maximum atomic E-state index is 13.0. The van der Waals surface area contributed by atoms with Crippen LogP contribution < -0.4 is 4.90 Å². The summed E-state index contributed by atoms with van der Waals surface area (Å²) >= 11 is 0. The summed E-state index contributed by atoms with van der Waals surface area (Å²) in [6.45, 7) is 7.96. The summed E-state index contributed by atoms with van der Waals surface area (Å²) < 4.78 is 40.1. The van der Waals surface area contributed by atoms with Crippen LogP contribution in [0.1, 0.15) is 45.7 Å². The summed E-state index contributed by atoms with van der Waals surface area (Å²) in [4.78, 5) is 11.1. The van der Waals surface area contributed by atoms with E-state index in [0.717, 1.165) is 44.7 Å². The Morgan fingerprint density at radius 2 is 2.17 bits per heavy atom. The van der Waals surface area contributed by atoms with Gasteiger partial charge in [0.05, 0.1) is 27.9 Å². The van der Waals surface area contributed by atoms with Crippen LogP contribution in [0.4, 0.5) is 14.6 Å². The van der Waals surface area contributed by atoms with Gasteiger partial charge in [0.15, 0.2) is 0 Å². The van der Waals surface area contributed by atoms with Crippen molar-refractivity contribution in [1.82, 2.24) is 19.3 Å². The third-order valence-electron chi connectivity index (χ3n) is 5.86. The van der Waals surface area contributed by atoms with E-state index in [4.69, 9.17) is 0 Å². The van der Waals surface area contributed by atoms with Crippen molar-refractivity contribution in [3.05, 3.63) is 24.2 Å². The second kappa shape index (κ2) is 9.47. The average Bonchev–Trinajstić information content (AvgIpc) is 2.72. The summed E-state index contributed by atoms with van der Waals surface area (Å²) in [6, 6.07) is 1.89. The van der Waals surface area contributed by atoms with Crippen molar-refractivity contribution < 1.29 is 13.0 Å². The number of allylic oxidation sites excluding steroid dienone is 1. The van der Waals surface area contributed by atoms with E-state index in [1.54, 1.807) is 11.3 Å². The SMILES string of the molecule is C/C=C(/c1cc(N2CCCC3(CCN3S(C)=O)C2)ncn1)N(CC)/N=C(\C)C(F)F. The Morgan fingerprint density at radius 3 is 2.73 bits per heavy atom. The molecule has 0 saturated carbocycles. The zero-order valence-electron chi connectivity index (χ0n) is 18.0. The summed E-state index contributed by atoms with van der Waals surface area (Å²) in [7, 11) is -0.980. The largest absolute Gasteiger partial charge is 0.355 e. The second-order valence-electron chi connectivity index (χ2n) is 7.72. The first-order valence-electron chi connectivity index (χ1n) is 10.3. The van der Waals surface area contributed by atoms with Crippen LogP contribution in [-0.2, 0) is 11.0 Å². The van der Waals surface area contributed by atoms with E-state index >= 15 is 0 Å². The fraction of sp³-hybridized carbons (Fsp3) is 0.650. The molecule has 2 unspecified atom stereocenters. The monoisotopic (exact) mass is 440 g/mol. The van der Waals surface area contributed by atoms with Crippen molar-refractivity contribution in [1.29, 1.82) is 0 Å². The molecular formula is C20H30F2N6OS. The second-order valence-corrected chi connectivity index (χ2v) is 9.01. The molecule has 3 rings (SSSR count). The predicted molar refractivity (Wildman–Crippen MR) is 117 cm³/mol. The molecule has 0 amide bonds. The number of hydrazone groups is 1. The molecule has 7 nitrogen and oxygen atoms in total. The molecule has 1 aromatic heterocycles. The molecule has 2 aliphatic heterocycles. The van der Waals surface area contributed by atoms with Crippen LogP contribution in [0.5, 0.6) is 0 Å². The van der Waals surface area contributed by atoms with Gasteiger partial charge in [-0.2, -0.15) is 5.10 Å². The fourth-order valence-electron chi connectivity index (χ4n) is 4.25. The Labute approximate surface area is 179 Å². The minimum absolute atomic E-state index is 0.0550. The molecule has 0 bridgehead atoms. The van der Waals surface area contributed by atoms with Crippen LogP contribution in [0, 0.1) is 0 Å². The molecule has 2 aliphatic rings. The summed E-state index contributed by atoms with van der Waals surface area (Å²) in [5.41, 5.74) is 1.01. The van der Waals surface area contributed by atoms with Crippen molar-refractivity contribution in [2.45, 2.75) is 52.0 Å². The maximum Gasteiger partial charge on any atom is 0.278 e. The lowest BCUT2D eigenvalue weighted by atomic mass is 9.80. The van der Waals surface area contributed by atoms with E-state index in [1.165, 1.54) is 13.3 Å². The molecule has 3 heterocycles. The average molecular weight is 441 g/mol. The number of alkyl halides is 2. The highest BCUT2D eigenvalue weighted by Crippen LogP contribution is 2.40. The topological polar surface area (TPSA) is 64.9 Å². The number of aromatic nitrogens is 2. The number of rotatable bonds is 7. The van der Waals surface area contributed by atoms with Crippen molar-refractivity contribution in [3.8, 4) is 0 Å². The molecule has 2 saturated heterocycles. The quantitative estimate of drug-likeness (QED) is 0.481. The van der Waals surface area contributed by atoms with Gasteiger partial charge in [-0.25, -0.2) is 27.3 Å². The lowest BCUT2D eigenvalue weighted by Crippen LogP contribution is -2.67. The number of hydrogen-bond acceptors (Lipinski definition) is 6. The lowest BCUT2D eigenvalue weighted by molar-refractivity contribution is 0.0612. The van der Waals surface area contributed by atoms with E-state index in [9.17, 15) is 13.0 Å². The zero-order valence-corrected chi connectivity index (χ0v) is 18.8. The smallest absolute Gasteiger partial charge is 0.278 e. The van der Waals surface area contributed by atoms with Crippen molar-refractivity contribution in [3.63, 3.8) is 0 Å². The Balaban J connectivity index is 1.84. The van der Waals surface area contributed by atoms with Gasteiger partial charge in [0.25, 0.3) is 6.43 Å². The van der Waals surface area contributed by atoms with Crippen LogP contribution >= 0.6 is 0 Å². The lowest BCUT2D eigenvalue weighted by Gasteiger charge is -2.55. The zero-order chi connectivity index (χ0) is 21.9. The number of piperidine rings is 1. The highest BCUT2D eigenvalue weighted by molar-refractivity contribution is 7.81. The minimum atomic E-state index is -2.60. The van der Waals surface area contributed by atoms with Crippen LogP contribution in [0.2, 0.25) is 0 Å².